The van der Waals surface area contributed by atoms with Crippen LogP contribution in [0.5, 0.6) is 0 Å². The number of benzene rings is 3. The molecule has 0 bridgehead atoms. The Morgan fingerprint density at radius 3 is 2.19 bits per heavy atom. The molecule has 2 aliphatic heterocycles. The lowest BCUT2D eigenvalue weighted by Gasteiger charge is -2.34. The monoisotopic (exact) mass is 408 g/mol. The van der Waals surface area contributed by atoms with Crippen molar-refractivity contribution < 1.29 is 9.59 Å². The van der Waals surface area contributed by atoms with Gasteiger partial charge in [0.1, 0.15) is 6.04 Å². The Morgan fingerprint density at radius 2 is 1.52 bits per heavy atom. The molecule has 2 aliphatic rings. The second kappa shape index (κ2) is 8.23. The lowest BCUT2D eigenvalue weighted by atomic mass is 9.98. The molecule has 0 aliphatic carbocycles. The van der Waals surface area contributed by atoms with Crippen LogP contribution < -0.4 is 0 Å². The van der Waals surface area contributed by atoms with Gasteiger partial charge in [-0.3, -0.25) is 9.59 Å². The summed E-state index contributed by atoms with van der Waals surface area (Å²) in [7, 11) is 0. The molecule has 0 aromatic heterocycles. The minimum absolute atomic E-state index is 0.0179. The number of fused-ring (bicyclic) bond motifs is 1. The van der Waals surface area contributed by atoms with E-state index in [1.54, 1.807) is 4.90 Å². The van der Waals surface area contributed by atoms with E-state index in [4.69, 9.17) is 0 Å². The third-order valence-electron chi connectivity index (χ3n) is 6.18. The summed E-state index contributed by atoms with van der Waals surface area (Å²) in [5, 5.41) is 0. The maximum Gasteiger partial charge on any atom is 0.255 e. The van der Waals surface area contributed by atoms with Crippen LogP contribution in [-0.2, 0) is 11.3 Å². The van der Waals surface area contributed by atoms with Crippen LogP contribution in [-0.4, -0.2) is 34.7 Å². The van der Waals surface area contributed by atoms with Crippen molar-refractivity contribution in [3.63, 3.8) is 0 Å². The van der Waals surface area contributed by atoms with E-state index in [0.29, 0.717) is 25.2 Å². The first-order valence-electron chi connectivity index (χ1n) is 10.7. The van der Waals surface area contributed by atoms with E-state index >= 15 is 0 Å². The van der Waals surface area contributed by atoms with Crippen molar-refractivity contribution in [3.05, 3.63) is 113 Å². The molecule has 2 heterocycles. The highest BCUT2D eigenvalue weighted by Crippen LogP contribution is 2.33. The van der Waals surface area contributed by atoms with Gasteiger partial charge in [0.2, 0.25) is 5.91 Å². The minimum Gasteiger partial charge on any atom is -0.337 e. The van der Waals surface area contributed by atoms with E-state index in [2.05, 4.69) is 18.2 Å². The Kier molecular flexibility index (Phi) is 5.13. The van der Waals surface area contributed by atoms with Crippen molar-refractivity contribution in [1.82, 2.24) is 9.80 Å². The van der Waals surface area contributed by atoms with Crippen molar-refractivity contribution in [2.45, 2.75) is 19.0 Å². The normalized spacial score (nSPS) is 16.6. The smallest absolute Gasteiger partial charge is 0.255 e. The fraction of sp³-hybridized carbons (Fsp3) is 0.185. The molecular weight excluding hydrogens is 384 g/mol. The summed E-state index contributed by atoms with van der Waals surface area (Å²) in [4.78, 5) is 30.5. The van der Waals surface area contributed by atoms with Crippen molar-refractivity contribution in [1.29, 1.82) is 0 Å². The quantitative estimate of drug-likeness (QED) is 0.628. The fourth-order valence-electron chi connectivity index (χ4n) is 4.53. The number of hydrogen-bond acceptors (Lipinski definition) is 2. The number of amides is 2. The highest BCUT2D eigenvalue weighted by molar-refractivity contribution is 6.01. The molecule has 0 saturated heterocycles. The molecule has 4 nitrogen and oxygen atoms in total. The lowest BCUT2D eigenvalue weighted by Crippen LogP contribution is -2.44. The van der Waals surface area contributed by atoms with E-state index in [-0.39, 0.29) is 11.8 Å². The van der Waals surface area contributed by atoms with Crippen molar-refractivity contribution in [2.24, 2.45) is 0 Å². The molecule has 0 unspecified atom stereocenters. The zero-order chi connectivity index (χ0) is 21.2. The predicted molar refractivity (Wildman–Crippen MR) is 121 cm³/mol. The molecule has 0 saturated carbocycles. The van der Waals surface area contributed by atoms with Gasteiger partial charge < -0.3 is 9.80 Å². The first-order chi connectivity index (χ1) is 15.2. The molecular formula is C27H24N2O2. The van der Waals surface area contributed by atoms with E-state index in [0.717, 1.165) is 17.5 Å². The van der Waals surface area contributed by atoms with Crippen LogP contribution in [0, 0.1) is 0 Å². The summed E-state index contributed by atoms with van der Waals surface area (Å²) in [5.41, 5.74) is 5.00. The van der Waals surface area contributed by atoms with Crippen LogP contribution in [0.1, 0.15) is 39.5 Å². The standard InChI is InChI=1S/C27H24N2O2/c30-26-24-14-8-7-13-23(24)19-29(26)25(22-11-5-2-6-12-22)27(31)28-17-15-21(16-18-28)20-9-3-1-4-10-20/h1-15,25H,16-19H2/t25-/m0/s1. The number of rotatable bonds is 4. The van der Waals surface area contributed by atoms with Gasteiger partial charge in [0.05, 0.1) is 0 Å². The van der Waals surface area contributed by atoms with Crippen LogP contribution in [0.15, 0.2) is 91.0 Å². The maximum atomic E-state index is 13.7. The van der Waals surface area contributed by atoms with Gasteiger partial charge in [-0.15, -0.1) is 0 Å². The second-order valence-corrected chi connectivity index (χ2v) is 8.03. The predicted octanol–water partition coefficient (Wildman–Crippen LogP) is 4.70. The Hall–Kier alpha value is -3.66. The molecule has 5 rings (SSSR count). The summed E-state index contributed by atoms with van der Waals surface area (Å²) in [5.74, 6) is -0.0916. The van der Waals surface area contributed by atoms with Gasteiger partial charge in [0.25, 0.3) is 5.91 Å². The maximum absolute atomic E-state index is 13.7. The van der Waals surface area contributed by atoms with Gasteiger partial charge in [-0.05, 0) is 34.8 Å². The topological polar surface area (TPSA) is 40.6 Å². The van der Waals surface area contributed by atoms with Crippen LogP contribution >= 0.6 is 0 Å². The van der Waals surface area contributed by atoms with Gasteiger partial charge in [-0.2, -0.15) is 0 Å². The van der Waals surface area contributed by atoms with E-state index in [1.165, 1.54) is 11.1 Å². The molecule has 0 spiro atoms. The van der Waals surface area contributed by atoms with Crippen molar-refractivity contribution >= 4 is 17.4 Å². The molecule has 0 radical (unpaired) electrons. The molecule has 4 heteroatoms. The molecule has 1 atom stereocenters. The highest BCUT2D eigenvalue weighted by atomic mass is 16.2. The molecule has 0 fully saturated rings. The third kappa shape index (κ3) is 3.66. The Bertz CT molecular complexity index is 1140. The number of hydrogen-bond donors (Lipinski definition) is 0. The minimum atomic E-state index is -0.618. The second-order valence-electron chi connectivity index (χ2n) is 8.03. The highest BCUT2D eigenvalue weighted by Gasteiger charge is 2.39. The first-order valence-corrected chi connectivity index (χ1v) is 10.7. The van der Waals surface area contributed by atoms with Gasteiger partial charge in [0, 0.05) is 25.2 Å². The average molecular weight is 409 g/mol. The molecule has 31 heavy (non-hydrogen) atoms. The van der Waals surface area contributed by atoms with Gasteiger partial charge in [-0.25, -0.2) is 0 Å². The molecule has 0 N–H and O–H groups in total. The molecule has 3 aromatic rings. The summed E-state index contributed by atoms with van der Waals surface area (Å²) in [6.07, 6.45) is 2.95. The average Bonchev–Trinajstić information content (AvgIpc) is 3.17. The number of nitrogens with zero attached hydrogens (tertiary/aromatic N) is 2. The molecule has 3 aromatic carbocycles. The number of carbonyl (C=O) groups is 2. The Balaban J connectivity index is 1.43. The third-order valence-corrected chi connectivity index (χ3v) is 6.18. The first kappa shape index (κ1) is 19.3. The van der Waals surface area contributed by atoms with Crippen LogP contribution in [0.25, 0.3) is 5.57 Å². The van der Waals surface area contributed by atoms with Crippen LogP contribution in [0.2, 0.25) is 0 Å². The van der Waals surface area contributed by atoms with E-state index in [1.807, 2.05) is 77.7 Å². The molecule has 154 valence electrons. The fourth-order valence-corrected chi connectivity index (χ4v) is 4.53. The zero-order valence-corrected chi connectivity index (χ0v) is 17.3. The Morgan fingerprint density at radius 1 is 0.839 bits per heavy atom. The summed E-state index contributed by atoms with van der Waals surface area (Å²) >= 11 is 0. The Labute approximate surface area is 182 Å². The molecule has 2 amide bonds. The van der Waals surface area contributed by atoms with Crippen LogP contribution in [0.4, 0.5) is 0 Å². The van der Waals surface area contributed by atoms with Crippen molar-refractivity contribution in [2.75, 3.05) is 13.1 Å². The zero-order valence-electron chi connectivity index (χ0n) is 17.3. The van der Waals surface area contributed by atoms with E-state index in [9.17, 15) is 9.59 Å². The number of carbonyl (C=O) groups excluding carboxylic acids is 2. The SMILES string of the molecule is O=C([C@H](c1ccccc1)N1Cc2ccccc2C1=O)N1CC=C(c2ccccc2)CC1. The summed E-state index contributed by atoms with van der Waals surface area (Å²) in [6, 6.07) is 27.0. The summed E-state index contributed by atoms with van der Waals surface area (Å²) < 4.78 is 0. The van der Waals surface area contributed by atoms with Crippen LogP contribution in [0.3, 0.4) is 0 Å². The van der Waals surface area contributed by atoms with Crippen molar-refractivity contribution in [3.8, 4) is 0 Å². The largest absolute Gasteiger partial charge is 0.337 e. The lowest BCUT2D eigenvalue weighted by molar-refractivity contribution is -0.136. The summed E-state index contributed by atoms with van der Waals surface area (Å²) in [6.45, 7) is 1.67. The van der Waals surface area contributed by atoms with Gasteiger partial charge in [-0.1, -0.05) is 84.9 Å². The van der Waals surface area contributed by atoms with Gasteiger partial charge >= 0.3 is 0 Å². The van der Waals surface area contributed by atoms with E-state index < -0.39 is 6.04 Å². The van der Waals surface area contributed by atoms with Gasteiger partial charge in [0.15, 0.2) is 0 Å².